The van der Waals surface area contributed by atoms with Gasteiger partial charge in [-0.1, -0.05) is 0 Å². The maximum Gasteiger partial charge on any atom is 0.407 e. The molecule has 0 spiro atoms. The molecule has 0 unspecified atom stereocenters. The van der Waals surface area contributed by atoms with Crippen molar-refractivity contribution in [3.05, 3.63) is 0 Å². The minimum atomic E-state index is -1.01. The zero-order chi connectivity index (χ0) is 8.72. The molecule has 3 N–H and O–H groups in total. The Morgan fingerprint density at radius 3 is 3.08 bits per heavy atom. The minimum Gasteiger partial charge on any atom is -0.465 e. The van der Waals surface area contributed by atoms with E-state index in [0.29, 0.717) is 6.61 Å². The van der Waals surface area contributed by atoms with Gasteiger partial charge in [-0.3, -0.25) is 9.74 Å². The number of hydroxylamine groups is 1. The maximum atomic E-state index is 10.6. The Hall–Kier alpha value is -0.850. The molecule has 2 aliphatic rings. The molecule has 0 aromatic rings. The SMILES string of the molecule is O=C(O)N1C[C@H](O)[C@H]2NOC[C@H]21. The van der Waals surface area contributed by atoms with Crippen LogP contribution in [0.3, 0.4) is 0 Å². The van der Waals surface area contributed by atoms with Crippen LogP contribution in [-0.2, 0) is 4.84 Å². The number of hydrogen-bond donors (Lipinski definition) is 3. The maximum absolute atomic E-state index is 10.6. The standard InChI is InChI=1S/C6H10N2O4/c9-4-1-8(6(10)11)3-2-12-7-5(3)4/h3-5,7,9H,1-2H2,(H,10,11)/t3-,4+,5+/m1/s1. The lowest BCUT2D eigenvalue weighted by Gasteiger charge is -2.16. The van der Waals surface area contributed by atoms with Crippen LogP contribution in [0.25, 0.3) is 0 Å². The fourth-order valence-electron chi connectivity index (χ4n) is 1.70. The van der Waals surface area contributed by atoms with Gasteiger partial charge in [0.05, 0.1) is 31.3 Å². The van der Waals surface area contributed by atoms with Gasteiger partial charge in [0.1, 0.15) is 0 Å². The monoisotopic (exact) mass is 174 g/mol. The molecule has 2 aliphatic heterocycles. The number of amides is 1. The number of nitrogens with one attached hydrogen (secondary N) is 1. The summed E-state index contributed by atoms with van der Waals surface area (Å²) in [4.78, 5) is 16.7. The molecule has 68 valence electrons. The van der Waals surface area contributed by atoms with E-state index in [2.05, 4.69) is 5.48 Å². The van der Waals surface area contributed by atoms with Crippen molar-refractivity contribution in [3.63, 3.8) is 0 Å². The third-order valence-electron chi connectivity index (χ3n) is 2.33. The number of hydrogen-bond acceptors (Lipinski definition) is 4. The fraction of sp³-hybridized carbons (Fsp3) is 0.833. The molecule has 0 aromatic carbocycles. The Balaban J connectivity index is 2.14. The third kappa shape index (κ3) is 0.961. The van der Waals surface area contributed by atoms with Crippen molar-refractivity contribution in [1.82, 2.24) is 10.4 Å². The van der Waals surface area contributed by atoms with Crippen LogP contribution in [0.2, 0.25) is 0 Å². The van der Waals surface area contributed by atoms with E-state index >= 15 is 0 Å². The molecule has 6 nitrogen and oxygen atoms in total. The number of rotatable bonds is 0. The van der Waals surface area contributed by atoms with E-state index in [-0.39, 0.29) is 18.6 Å². The predicted molar refractivity (Wildman–Crippen MR) is 37.4 cm³/mol. The summed E-state index contributed by atoms with van der Waals surface area (Å²) in [5, 5.41) is 18.1. The van der Waals surface area contributed by atoms with Crippen LogP contribution in [0, 0.1) is 0 Å². The lowest BCUT2D eigenvalue weighted by atomic mass is 10.1. The molecule has 2 rings (SSSR count). The van der Waals surface area contributed by atoms with Gasteiger partial charge in [0.25, 0.3) is 0 Å². The number of likely N-dealkylation sites (tertiary alicyclic amines) is 1. The average molecular weight is 174 g/mol. The molecule has 12 heavy (non-hydrogen) atoms. The van der Waals surface area contributed by atoms with E-state index in [0.717, 1.165) is 0 Å². The van der Waals surface area contributed by atoms with E-state index in [1.807, 2.05) is 0 Å². The Labute approximate surface area is 68.7 Å². The first-order valence-electron chi connectivity index (χ1n) is 3.75. The Morgan fingerprint density at radius 2 is 2.42 bits per heavy atom. The van der Waals surface area contributed by atoms with Crippen LogP contribution in [0.15, 0.2) is 0 Å². The van der Waals surface area contributed by atoms with Crippen LogP contribution in [0.5, 0.6) is 0 Å². The van der Waals surface area contributed by atoms with Crippen molar-refractivity contribution in [1.29, 1.82) is 0 Å². The zero-order valence-electron chi connectivity index (χ0n) is 6.30. The van der Waals surface area contributed by atoms with Crippen LogP contribution >= 0.6 is 0 Å². The predicted octanol–water partition coefficient (Wildman–Crippen LogP) is -1.39. The summed E-state index contributed by atoms with van der Waals surface area (Å²) < 4.78 is 0. The van der Waals surface area contributed by atoms with Crippen molar-refractivity contribution in [2.45, 2.75) is 18.2 Å². The fourth-order valence-corrected chi connectivity index (χ4v) is 1.70. The number of fused-ring (bicyclic) bond motifs is 1. The van der Waals surface area contributed by atoms with Gasteiger partial charge in [-0.2, -0.15) is 5.48 Å². The molecule has 1 amide bonds. The van der Waals surface area contributed by atoms with Crippen molar-refractivity contribution in [2.24, 2.45) is 0 Å². The van der Waals surface area contributed by atoms with E-state index in [4.69, 9.17) is 9.94 Å². The van der Waals surface area contributed by atoms with Gasteiger partial charge < -0.3 is 10.2 Å². The highest BCUT2D eigenvalue weighted by Gasteiger charge is 2.47. The second-order valence-electron chi connectivity index (χ2n) is 3.02. The summed E-state index contributed by atoms with van der Waals surface area (Å²) in [6, 6.07) is -0.501. The van der Waals surface area contributed by atoms with Crippen LogP contribution < -0.4 is 5.48 Å². The van der Waals surface area contributed by atoms with E-state index in [1.54, 1.807) is 0 Å². The van der Waals surface area contributed by atoms with Crippen LogP contribution in [0.4, 0.5) is 4.79 Å². The largest absolute Gasteiger partial charge is 0.465 e. The number of aliphatic hydroxyl groups excluding tert-OH is 1. The van der Waals surface area contributed by atoms with Gasteiger partial charge in [-0.05, 0) is 0 Å². The molecular formula is C6H10N2O4. The number of aliphatic hydroxyl groups is 1. The molecule has 0 aromatic heterocycles. The molecule has 2 heterocycles. The van der Waals surface area contributed by atoms with E-state index < -0.39 is 12.2 Å². The number of carbonyl (C=O) groups is 1. The Kier molecular flexibility index (Phi) is 1.67. The summed E-state index contributed by atoms with van der Waals surface area (Å²) in [6.07, 6.45) is -1.66. The van der Waals surface area contributed by atoms with Gasteiger partial charge in [-0.25, -0.2) is 4.79 Å². The van der Waals surface area contributed by atoms with Crippen molar-refractivity contribution >= 4 is 6.09 Å². The smallest absolute Gasteiger partial charge is 0.407 e. The summed E-state index contributed by atoms with van der Waals surface area (Å²) >= 11 is 0. The molecule has 6 heteroatoms. The molecule has 2 saturated heterocycles. The summed E-state index contributed by atoms with van der Waals surface area (Å²) in [5.41, 5.74) is 2.60. The molecule has 2 fully saturated rings. The molecule has 3 atom stereocenters. The van der Waals surface area contributed by atoms with Gasteiger partial charge in [0.2, 0.25) is 0 Å². The molecule has 0 bridgehead atoms. The summed E-state index contributed by atoms with van der Waals surface area (Å²) in [5.74, 6) is 0. The molecular weight excluding hydrogens is 164 g/mol. The average Bonchev–Trinajstić information content (AvgIpc) is 2.53. The summed E-state index contributed by atoms with van der Waals surface area (Å²) in [6.45, 7) is 0.481. The van der Waals surface area contributed by atoms with E-state index in [9.17, 15) is 9.90 Å². The second kappa shape index (κ2) is 2.58. The van der Waals surface area contributed by atoms with Crippen LogP contribution in [-0.4, -0.2) is 52.5 Å². The Morgan fingerprint density at radius 1 is 1.67 bits per heavy atom. The molecule has 0 aliphatic carbocycles. The normalized spacial score (nSPS) is 40.1. The molecule has 0 saturated carbocycles. The third-order valence-corrected chi connectivity index (χ3v) is 2.33. The first-order chi connectivity index (χ1) is 5.70. The van der Waals surface area contributed by atoms with Gasteiger partial charge in [0, 0.05) is 0 Å². The highest BCUT2D eigenvalue weighted by molar-refractivity contribution is 5.66. The second-order valence-corrected chi connectivity index (χ2v) is 3.02. The van der Waals surface area contributed by atoms with E-state index in [1.165, 1.54) is 4.90 Å². The highest BCUT2D eigenvalue weighted by Crippen LogP contribution is 2.22. The topological polar surface area (TPSA) is 82.0 Å². The first kappa shape index (κ1) is 7.78. The molecule has 0 radical (unpaired) electrons. The van der Waals surface area contributed by atoms with Crippen molar-refractivity contribution in [2.75, 3.05) is 13.2 Å². The van der Waals surface area contributed by atoms with Crippen molar-refractivity contribution in [3.8, 4) is 0 Å². The first-order valence-corrected chi connectivity index (χ1v) is 3.75. The zero-order valence-corrected chi connectivity index (χ0v) is 6.30. The van der Waals surface area contributed by atoms with Crippen LogP contribution in [0.1, 0.15) is 0 Å². The number of nitrogens with zero attached hydrogens (tertiary/aromatic N) is 1. The minimum absolute atomic E-state index is 0.168. The number of β-amino-alcohol motifs (C(OH)–C–C–N with tert-alkyl or cyclic N) is 1. The quantitative estimate of drug-likeness (QED) is 0.421. The van der Waals surface area contributed by atoms with Gasteiger partial charge in [0.15, 0.2) is 0 Å². The lowest BCUT2D eigenvalue weighted by molar-refractivity contribution is 0.0382. The van der Waals surface area contributed by atoms with Crippen molar-refractivity contribution < 1.29 is 19.8 Å². The lowest BCUT2D eigenvalue weighted by Crippen LogP contribution is -2.40. The Bertz CT molecular complexity index is 210. The van der Waals surface area contributed by atoms with Gasteiger partial charge in [-0.15, -0.1) is 0 Å². The highest BCUT2D eigenvalue weighted by atomic mass is 16.7. The number of carboxylic acid groups (broad SMARTS) is 1. The van der Waals surface area contributed by atoms with Gasteiger partial charge >= 0.3 is 6.09 Å². The summed E-state index contributed by atoms with van der Waals surface area (Å²) in [7, 11) is 0.